The van der Waals surface area contributed by atoms with Gasteiger partial charge in [0.2, 0.25) is 0 Å². The van der Waals surface area contributed by atoms with Crippen LogP contribution >= 0.6 is 0 Å². The Bertz CT molecular complexity index is 1280. The van der Waals surface area contributed by atoms with Gasteiger partial charge in [0.25, 0.3) is 0 Å². The second-order valence-corrected chi connectivity index (χ2v) is 11.5. The van der Waals surface area contributed by atoms with Gasteiger partial charge in [0, 0.05) is 6.54 Å². The molecule has 4 rings (SSSR count). The first-order valence-corrected chi connectivity index (χ1v) is 14.6. The van der Waals surface area contributed by atoms with E-state index in [1.165, 1.54) is 36.6 Å². The summed E-state index contributed by atoms with van der Waals surface area (Å²) in [7, 11) is 1.72. The van der Waals surface area contributed by atoms with E-state index in [0.29, 0.717) is 21.4 Å². The number of methoxy groups -OCH3 is 1. The Morgan fingerprint density at radius 2 is 1.69 bits per heavy atom. The summed E-state index contributed by atoms with van der Waals surface area (Å²) in [6.07, 6.45) is 4.59. The Balaban J connectivity index is 1.54. The van der Waals surface area contributed by atoms with Crippen molar-refractivity contribution in [3.8, 4) is 17.0 Å². The van der Waals surface area contributed by atoms with Crippen LogP contribution in [0.25, 0.3) is 22.2 Å². The molecule has 4 aromatic rings. The predicted molar refractivity (Wildman–Crippen MR) is 152 cm³/mol. The molecule has 0 aliphatic carbocycles. The number of hydrogen-bond acceptors (Lipinski definition) is 2. The molecule has 0 unspecified atom stereocenters. The number of carbonyl (C=O) groups is 1. The molecular weight excluding hydrogens is 511 g/mol. The summed E-state index contributed by atoms with van der Waals surface area (Å²) < 4.78 is 10.7. The predicted octanol–water partition coefficient (Wildman–Crippen LogP) is 5.37. The van der Waals surface area contributed by atoms with E-state index in [1.54, 1.807) is 7.11 Å². The molecule has 0 spiro atoms. The molecule has 1 heterocycles. The zero-order valence-electron chi connectivity index (χ0n) is 21.5. The van der Waals surface area contributed by atoms with Crippen LogP contribution in [0.2, 0.25) is 0 Å². The first-order valence-electron chi connectivity index (χ1n) is 12.9. The van der Waals surface area contributed by atoms with Crippen molar-refractivity contribution in [1.29, 1.82) is 0 Å². The van der Waals surface area contributed by atoms with Gasteiger partial charge in [-0.15, -0.1) is 0 Å². The Morgan fingerprint density at radius 3 is 2.42 bits per heavy atom. The number of amides is 1. The molecule has 0 aliphatic rings. The third kappa shape index (κ3) is 6.40. The summed E-state index contributed by atoms with van der Waals surface area (Å²) in [6.45, 7) is 5.99. The zero-order valence-corrected chi connectivity index (χ0v) is 23.3. The molecule has 0 fully saturated rings. The number of carbonyl (C=O) groups excluding carboxylic acids is 1. The van der Waals surface area contributed by atoms with Crippen molar-refractivity contribution in [2.45, 2.75) is 52.5 Å². The van der Waals surface area contributed by atoms with Gasteiger partial charge >= 0.3 is 192 Å². The van der Waals surface area contributed by atoms with Gasteiger partial charge in [-0.1, -0.05) is 6.92 Å². The van der Waals surface area contributed by atoms with E-state index < -0.39 is 0 Å². The molecule has 1 amide bonds. The van der Waals surface area contributed by atoms with E-state index in [0.717, 1.165) is 44.5 Å². The fraction of sp³-hybridized carbons (Fsp3) is 0.323. The molecule has 0 saturated heterocycles. The third-order valence-corrected chi connectivity index (χ3v) is 8.62. The summed E-state index contributed by atoms with van der Waals surface area (Å²) >= 11 is 0.304. The van der Waals surface area contributed by atoms with Crippen molar-refractivity contribution in [2.24, 2.45) is 0 Å². The van der Waals surface area contributed by atoms with Crippen molar-refractivity contribution in [3.05, 3.63) is 78.4 Å². The van der Waals surface area contributed by atoms with Crippen LogP contribution in [0.5, 0.6) is 5.75 Å². The van der Waals surface area contributed by atoms with Crippen LogP contribution in [0.1, 0.15) is 44.6 Å². The van der Waals surface area contributed by atoms with Crippen molar-refractivity contribution in [1.82, 2.24) is 9.88 Å². The van der Waals surface area contributed by atoms with E-state index in [9.17, 15) is 4.79 Å². The number of aryl methyl sites for hydroxylation is 2. The maximum atomic E-state index is 11.9. The molecule has 1 aromatic heterocycles. The standard InChI is InChI=1S/C31H36N2O2Se/c1-4-20-32-30(34)13-9-6-10-21-33-29-19-16-25(35-3)22-28(29)23(2)31(33)24-14-17-27(18-15-24)36-26-11-7-5-8-12-26/h5,7-8,11-12,14-19,22H,4,6,9-10,13,20-21H2,1-3H3,(H,32,34). The van der Waals surface area contributed by atoms with Crippen LogP contribution in [0.3, 0.4) is 0 Å². The number of hydrogen-bond donors (Lipinski definition) is 1. The van der Waals surface area contributed by atoms with Gasteiger partial charge < -0.3 is 5.32 Å². The van der Waals surface area contributed by atoms with Crippen molar-refractivity contribution < 1.29 is 9.53 Å². The average molecular weight is 548 g/mol. The second kappa shape index (κ2) is 12.8. The van der Waals surface area contributed by atoms with Gasteiger partial charge in [-0.05, 0) is 6.42 Å². The Kier molecular flexibility index (Phi) is 9.27. The fourth-order valence-electron chi connectivity index (χ4n) is 4.62. The summed E-state index contributed by atoms with van der Waals surface area (Å²) in [6, 6.07) is 26.2. The second-order valence-electron chi connectivity index (χ2n) is 9.11. The first kappa shape index (κ1) is 26.1. The minimum absolute atomic E-state index is 0.170. The first-order chi connectivity index (χ1) is 17.6. The molecule has 0 aliphatic heterocycles. The molecule has 4 nitrogen and oxygen atoms in total. The van der Waals surface area contributed by atoms with Crippen LogP contribution in [0, 0.1) is 6.92 Å². The molecule has 1 N–H and O–H groups in total. The van der Waals surface area contributed by atoms with E-state index >= 15 is 0 Å². The van der Waals surface area contributed by atoms with Gasteiger partial charge in [0.05, 0.1) is 0 Å². The number of nitrogens with zero attached hydrogens (tertiary/aromatic N) is 1. The van der Waals surface area contributed by atoms with E-state index in [-0.39, 0.29) is 5.91 Å². The number of aromatic nitrogens is 1. The number of nitrogens with one attached hydrogen (secondary N) is 1. The SMILES string of the molecule is CCCNC(=O)CCCCCn1c(-c2ccc([Se]c3ccccc3)cc2)c(C)c2cc(OC)ccc21. The summed E-state index contributed by atoms with van der Waals surface area (Å²) in [4.78, 5) is 11.9. The maximum absolute atomic E-state index is 11.9. The van der Waals surface area contributed by atoms with E-state index in [1.807, 2.05) is 6.07 Å². The van der Waals surface area contributed by atoms with Gasteiger partial charge in [-0.3, -0.25) is 4.79 Å². The number of rotatable bonds is 12. The Labute approximate surface area is 221 Å². The third-order valence-electron chi connectivity index (χ3n) is 6.49. The molecule has 3 aromatic carbocycles. The summed E-state index contributed by atoms with van der Waals surface area (Å²) in [5.41, 5.74) is 5.04. The molecule has 0 bridgehead atoms. The van der Waals surface area contributed by atoms with Crippen LogP contribution in [-0.2, 0) is 11.3 Å². The summed E-state index contributed by atoms with van der Waals surface area (Å²) in [5.74, 6) is 1.05. The monoisotopic (exact) mass is 548 g/mol. The van der Waals surface area contributed by atoms with Crippen LogP contribution in [0.4, 0.5) is 0 Å². The number of fused-ring (bicyclic) bond motifs is 1. The molecule has 0 radical (unpaired) electrons. The molecule has 0 saturated carbocycles. The molecule has 0 atom stereocenters. The van der Waals surface area contributed by atoms with Crippen molar-refractivity contribution >= 4 is 40.7 Å². The zero-order chi connectivity index (χ0) is 25.3. The van der Waals surface area contributed by atoms with Gasteiger partial charge in [0.1, 0.15) is 0 Å². The fourth-order valence-corrected chi connectivity index (χ4v) is 6.38. The quantitative estimate of drug-likeness (QED) is 0.192. The van der Waals surface area contributed by atoms with Crippen molar-refractivity contribution in [3.63, 3.8) is 0 Å². The number of unbranched alkanes of at least 4 members (excludes halogenated alkanes) is 2. The Hall–Kier alpha value is -3.01. The molecule has 5 heteroatoms. The van der Waals surface area contributed by atoms with E-state index in [4.69, 9.17) is 4.74 Å². The summed E-state index contributed by atoms with van der Waals surface area (Å²) in [5, 5.41) is 4.21. The number of ether oxygens (including phenoxy) is 1. The molecular formula is C31H36N2O2Se. The van der Waals surface area contributed by atoms with E-state index in [2.05, 4.69) is 90.5 Å². The molecule has 36 heavy (non-hydrogen) atoms. The Morgan fingerprint density at radius 1 is 0.944 bits per heavy atom. The van der Waals surface area contributed by atoms with Crippen LogP contribution in [-0.4, -0.2) is 39.1 Å². The normalized spacial score (nSPS) is 11.1. The van der Waals surface area contributed by atoms with Gasteiger partial charge in [0.15, 0.2) is 0 Å². The van der Waals surface area contributed by atoms with Gasteiger partial charge in [-0.25, -0.2) is 0 Å². The average Bonchev–Trinajstić information content (AvgIpc) is 3.19. The van der Waals surface area contributed by atoms with Crippen LogP contribution < -0.4 is 19.0 Å². The number of benzene rings is 3. The topological polar surface area (TPSA) is 43.3 Å². The van der Waals surface area contributed by atoms with Crippen LogP contribution in [0.15, 0.2) is 72.8 Å². The molecule has 188 valence electrons. The van der Waals surface area contributed by atoms with Gasteiger partial charge in [-0.2, -0.15) is 0 Å². The minimum atomic E-state index is 0.170. The van der Waals surface area contributed by atoms with Crippen molar-refractivity contribution in [2.75, 3.05) is 13.7 Å².